The predicted octanol–water partition coefficient (Wildman–Crippen LogP) is 2.11. The average molecular weight is 369 g/mol. The predicted molar refractivity (Wildman–Crippen MR) is 87.5 cm³/mol. The largest absolute Gasteiger partial charge is 0.496 e. The number of halogens is 1. The number of hydrogen-bond acceptors (Lipinski definition) is 3. The number of carbonyl (C=O) groups excluding carboxylic acids is 2. The molecule has 22 heavy (non-hydrogen) atoms. The lowest BCUT2D eigenvalue weighted by atomic mass is 9.97. The van der Waals surface area contributed by atoms with Gasteiger partial charge in [-0.15, -0.1) is 0 Å². The second-order valence-electron chi connectivity index (χ2n) is 5.55. The molecule has 0 radical (unpaired) electrons. The Labute approximate surface area is 138 Å². The highest BCUT2D eigenvalue weighted by atomic mass is 79.9. The summed E-state index contributed by atoms with van der Waals surface area (Å²) in [6.07, 6.45) is 2.72. The summed E-state index contributed by atoms with van der Waals surface area (Å²) < 4.78 is 6.07. The summed E-state index contributed by atoms with van der Waals surface area (Å²) >= 11 is 3.44. The number of hydrogen-bond donors (Lipinski definition) is 1. The Kier molecular flexibility index (Phi) is 5.83. The van der Waals surface area contributed by atoms with Gasteiger partial charge in [-0.1, -0.05) is 6.07 Å². The van der Waals surface area contributed by atoms with Crippen molar-refractivity contribution in [1.82, 2.24) is 4.90 Å². The summed E-state index contributed by atoms with van der Waals surface area (Å²) in [6, 6.07) is 5.81. The monoisotopic (exact) mass is 368 g/mol. The van der Waals surface area contributed by atoms with Crippen LogP contribution in [0.15, 0.2) is 22.7 Å². The normalized spacial score (nSPS) is 18.1. The molecule has 0 spiro atoms. The molecule has 1 heterocycles. The first-order chi connectivity index (χ1) is 10.5. The average Bonchev–Trinajstić information content (AvgIpc) is 2.52. The molecule has 6 heteroatoms. The van der Waals surface area contributed by atoms with Crippen LogP contribution in [0.3, 0.4) is 0 Å². The van der Waals surface area contributed by atoms with Gasteiger partial charge in [0.1, 0.15) is 5.75 Å². The minimum absolute atomic E-state index is 0.0814. The Morgan fingerprint density at radius 3 is 2.86 bits per heavy atom. The van der Waals surface area contributed by atoms with Gasteiger partial charge in [0, 0.05) is 19.5 Å². The Bertz CT molecular complexity index is 562. The molecule has 0 aliphatic carbocycles. The van der Waals surface area contributed by atoms with E-state index in [0.29, 0.717) is 19.4 Å². The van der Waals surface area contributed by atoms with Crippen LogP contribution in [0.25, 0.3) is 0 Å². The van der Waals surface area contributed by atoms with E-state index in [2.05, 4.69) is 15.9 Å². The van der Waals surface area contributed by atoms with Crippen LogP contribution >= 0.6 is 15.9 Å². The molecule has 1 aromatic rings. The molecule has 0 saturated carbocycles. The van der Waals surface area contributed by atoms with Gasteiger partial charge in [0.25, 0.3) is 0 Å². The van der Waals surface area contributed by atoms with Gasteiger partial charge < -0.3 is 15.4 Å². The Morgan fingerprint density at radius 2 is 2.23 bits per heavy atom. The summed E-state index contributed by atoms with van der Waals surface area (Å²) in [6.45, 7) is 1.18. The minimum Gasteiger partial charge on any atom is -0.496 e. The van der Waals surface area contributed by atoms with Gasteiger partial charge in [0.15, 0.2) is 0 Å². The lowest BCUT2D eigenvalue weighted by Crippen LogP contribution is -2.44. The summed E-state index contributed by atoms with van der Waals surface area (Å²) in [5.41, 5.74) is 6.42. The zero-order valence-electron chi connectivity index (χ0n) is 12.7. The highest BCUT2D eigenvalue weighted by Crippen LogP contribution is 2.26. The Hall–Kier alpha value is -1.56. The number of aryl methyl sites for hydroxylation is 1. The lowest BCUT2D eigenvalue weighted by Gasteiger charge is -2.31. The summed E-state index contributed by atoms with van der Waals surface area (Å²) in [4.78, 5) is 25.3. The maximum absolute atomic E-state index is 12.3. The lowest BCUT2D eigenvalue weighted by molar-refractivity contribution is -0.134. The molecule has 1 fully saturated rings. The molecule has 2 N–H and O–H groups in total. The molecule has 2 rings (SSSR count). The number of carbonyl (C=O) groups is 2. The zero-order valence-corrected chi connectivity index (χ0v) is 14.3. The topological polar surface area (TPSA) is 72.6 Å². The molecule has 1 aliphatic rings. The Balaban J connectivity index is 1.89. The van der Waals surface area contributed by atoms with Crippen molar-refractivity contribution in [2.75, 3.05) is 20.2 Å². The number of methoxy groups -OCH3 is 1. The summed E-state index contributed by atoms with van der Waals surface area (Å²) in [5.74, 6) is 0.345. The van der Waals surface area contributed by atoms with E-state index in [4.69, 9.17) is 10.5 Å². The number of rotatable bonds is 5. The van der Waals surface area contributed by atoms with Gasteiger partial charge in [0.05, 0.1) is 17.5 Å². The number of nitrogens with two attached hydrogens (primary N) is 1. The van der Waals surface area contributed by atoms with Gasteiger partial charge >= 0.3 is 0 Å². The SMILES string of the molecule is COc1ccc(CCC(=O)N2CCCC(C(N)=O)C2)cc1Br. The van der Waals surface area contributed by atoms with E-state index in [-0.39, 0.29) is 17.7 Å². The van der Waals surface area contributed by atoms with Gasteiger partial charge in [-0.2, -0.15) is 0 Å². The van der Waals surface area contributed by atoms with Crippen molar-refractivity contribution >= 4 is 27.7 Å². The van der Waals surface area contributed by atoms with E-state index in [1.54, 1.807) is 12.0 Å². The van der Waals surface area contributed by atoms with Crippen LogP contribution in [0.4, 0.5) is 0 Å². The summed E-state index contributed by atoms with van der Waals surface area (Å²) in [7, 11) is 1.62. The molecule has 0 aromatic heterocycles. The van der Waals surface area contributed by atoms with Gasteiger partial charge in [-0.25, -0.2) is 0 Å². The fourth-order valence-electron chi connectivity index (χ4n) is 2.71. The van der Waals surface area contributed by atoms with Gasteiger partial charge in [0.2, 0.25) is 11.8 Å². The van der Waals surface area contributed by atoms with Crippen molar-refractivity contribution < 1.29 is 14.3 Å². The second kappa shape index (κ2) is 7.63. The molecule has 1 aromatic carbocycles. The summed E-state index contributed by atoms with van der Waals surface area (Å²) in [5, 5.41) is 0. The van der Waals surface area contributed by atoms with E-state index in [9.17, 15) is 9.59 Å². The molecule has 1 aliphatic heterocycles. The maximum atomic E-state index is 12.3. The molecule has 1 saturated heterocycles. The first-order valence-corrected chi connectivity index (χ1v) is 8.20. The smallest absolute Gasteiger partial charge is 0.222 e. The van der Waals surface area contributed by atoms with Crippen molar-refractivity contribution in [3.05, 3.63) is 28.2 Å². The van der Waals surface area contributed by atoms with Crippen molar-refractivity contribution in [3.63, 3.8) is 0 Å². The van der Waals surface area contributed by atoms with Crippen LogP contribution in [0, 0.1) is 5.92 Å². The molecular weight excluding hydrogens is 348 g/mol. The molecule has 0 bridgehead atoms. The first kappa shape index (κ1) is 16.8. The molecule has 120 valence electrons. The first-order valence-electron chi connectivity index (χ1n) is 7.40. The van der Waals surface area contributed by atoms with E-state index >= 15 is 0 Å². The van der Waals surface area contributed by atoms with Crippen LogP contribution in [0.1, 0.15) is 24.8 Å². The van der Waals surface area contributed by atoms with Crippen LogP contribution in [0.2, 0.25) is 0 Å². The van der Waals surface area contributed by atoms with E-state index in [1.807, 2.05) is 18.2 Å². The van der Waals surface area contributed by atoms with Crippen LogP contribution in [-0.2, 0) is 16.0 Å². The van der Waals surface area contributed by atoms with Gasteiger partial charge in [-0.05, 0) is 52.9 Å². The number of likely N-dealkylation sites (tertiary alicyclic amines) is 1. The fourth-order valence-corrected chi connectivity index (χ4v) is 3.30. The van der Waals surface area contributed by atoms with E-state index < -0.39 is 0 Å². The molecule has 1 unspecified atom stereocenters. The van der Waals surface area contributed by atoms with E-state index in [0.717, 1.165) is 35.2 Å². The number of nitrogens with zero attached hydrogens (tertiary/aromatic N) is 1. The molecule has 2 amide bonds. The number of benzene rings is 1. The minimum atomic E-state index is -0.309. The highest BCUT2D eigenvalue weighted by Gasteiger charge is 2.26. The molecule has 5 nitrogen and oxygen atoms in total. The third-order valence-electron chi connectivity index (χ3n) is 4.02. The fraction of sp³-hybridized carbons (Fsp3) is 0.500. The van der Waals surface area contributed by atoms with Crippen LogP contribution < -0.4 is 10.5 Å². The maximum Gasteiger partial charge on any atom is 0.222 e. The van der Waals surface area contributed by atoms with Gasteiger partial charge in [-0.3, -0.25) is 9.59 Å². The third-order valence-corrected chi connectivity index (χ3v) is 4.64. The molecular formula is C16H21BrN2O3. The van der Waals surface area contributed by atoms with E-state index in [1.165, 1.54) is 0 Å². The highest BCUT2D eigenvalue weighted by molar-refractivity contribution is 9.10. The second-order valence-corrected chi connectivity index (χ2v) is 6.40. The standard InChI is InChI=1S/C16H21BrN2O3/c1-22-14-6-4-11(9-13(14)17)5-7-15(20)19-8-2-3-12(10-19)16(18)21/h4,6,9,12H,2-3,5,7-8,10H2,1H3,(H2,18,21). The molecule has 1 atom stereocenters. The quantitative estimate of drug-likeness (QED) is 0.864. The third kappa shape index (κ3) is 4.22. The van der Waals surface area contributed by atoms with Crippen LogP contribution in [-0.4, -0.2) is 36.9 Å². The van der Waals surface area contributed by atoms with Crippen molar-refractivity contribution in [2.45, 2.75) is 25.7 Å². The van der Waals surface area contributed by atoms with Crippen molar-refractivity contribution in [2.24, 2.45) is 11.7 Å². The number of ether oxygens (including phenoxy) is 1. The van der Waals surface area contributed by atoms with Crippen molar-refractivity contribution in [3.8, 4) is 5.75 Å². The number of piperidine rings is 1. The zero-order chi connectivity index (χ0) is 16.1. The Morgan fingerprint density at radius 1 is 1.45 bits per heavy atom. The van der Waals surface area contributed by atoms with Crippen molar-refractivity contribution in [1.29, 1.82) is 0 Å². The number of amides is 2. The van der Waals surface area contributed by atoms with Crippen LogP contribution in [0.5, 0.6) is 5.75 Å². The number of primary amides is 1.